The molecule has 16 heavy (non-hydrogen) atoms. The molecule has 0 saturated heterocycles. The highest BCUT2D eigenvalue weighted by atomic mass is 35.5. The van der Waals surface area contributed by atoms with Gasteiger partial charge in [0.05, 0.1) is 16.4 Å². The summed E-state index contributed by atoms with van der Waals surface area (Å²) in [5.74, 6) is 0.0654. The van der Waals surface area contributed by atoms with Gasteiger partial charge in [-0.05, 0) is 32.9 Å². The van der Waals surface area contributed by atoms with E-state index >= 15 is 0 Å². The van der Waals surface area contributed by atoms with Crippen molar-refractivity contribution in [2.45, 2.75) is 32.9 Å². The highest BCUT2D eigenvalue weighted by molar-refractivity contribution is 6.35. The summed E-state index contributed by atoms with van der Waals surface area (Å²) in [5, 5.41) is 3.77. The van der Waals surface area contributed by atoms with Gasteiger partial charge in [0, 0.05) is 6.04 Å². The summed E-state index contributed by atoms with van der Waals surface area (Å²) in [6, 6.07) is 5.54. The second-order valence-electron chi connectivity index (χ2n) is 4.30. The van der Waals surface area contributed by atoms with Crippen LogP contribution in [0.15, 0.2) is 18.2 Å². The standard InChI is InChI=1S/C12H15ClN2O/c1-7(2)15-11-9(13)5-4-6-10(11)14-8(3)12(15)16/h4-8,14H,1-3H3. The lowest BCUT2D eigenvalue weighted by Gasteiger charge is -2.37. The molecule has 86 valence electrons. The van der Waals surface area contributed by atoms with Gasteiger partial charge in [-0.1, -0.05) is 17.7 Å². The number of nitrogens with zero attached hydrogens (tertiary/aromatic N) is 1. The van der Waals surface area contributed by atoms with E-state index in [1.165, 1.54) is 0 Å². The lowest BCUT2D eigenvalue weighted by Crippen LogP contribution is -2.49. The van der Waals surface area contributed by atoms with Crippen LogP contribution in [0.2, 0.25) is 5.02 Å². The highest BCUT2D eigenvalue weighted by Crippen LogP contribution is 2.38. The van der Waals surface area contributed by atoms with E-state index in [1.54, 1.807) is 11.0 Å². The number of halogens is 1. The lowest BCUT2D eigenvalue weighted by molar-refractivity contribution is -0.119. The maximum atomic E-state index is 12.1. The van der Waals surface area contributed by atoms with Crippen molar-refractivity contribution in [2.24, 2.45) is 0 Å². The number of carbonyl (C=O) groups is 1. The first kappa shape index (κ1) is 11.3. The second kappa shape index (κ2) is 3.98. The minimum Gasteiger partial charge on any atom is -0.372 e. The van der Waals surface area contributed by atoms with Gasteiger partial charge in [0.2, 0.25) is 5.91 Å². The monoisotopic (exact) mass is 238 g/mol. The molecule has 1 atom stereocenters. The van der Waals surface area contributed by atoms with Crippen molar-refractivity contribution in [3.8, 4) is 0 Å². The Morgan fingerprint density at radius 1 is 1.44 bits per heavy atom. The van der Waals surface area contributed by atoms with Crippen molar-refractivity contribution >= 4 is 28.9 Å². The number of benzene rings is 1. The van der Waals surface area contributed by atoms with Gasteiger partial charge in [0.25, 0.3) is 0 Å². The van der Waals surface area contributed by atoms with Crippen LogP contribution in [0.1, 0.15) is 20.8 Å². The van der Waals surface area contributed by atoms with Gasteiger partial charge in [-0.25, -0.2) is 0 Å². The van der Waals surface area contributed by atoms with E-state index in [2.05, 4.69) is 5.32 Å². The van der Waals surface area contributed by atoms with Crippen LogP contribution in [0, 0.1) is 0 Å². The molecule has 0 saturated carbocycles. The van der Waals surface area contributed by atoms with Crippen LogP contribution in [-0.4, -0.2) is 18.0 Å². The molecule has 1 amide bonds. The molecule has 1 aromatic rings. The fourth-order valence-corrected chi connectivity index (χ4v) is 2.27. The SMILES string of the molecule is CC1Nc2cccc(Cl)c2N(C(C)C)C1=O. The number of anilines is 2. The Bertz CT molecular complexity index is 431. The third kappa shape index (κ3) is 1.65. The van der Waals surface area contributed by atoms with Gasteiger partial charge < -0.3 is 10.2 Å². The Hall–Kier alpha value is -1.22. The molecule has 1 aliphatic heterocycles. The van der Waals surface area contributed by atoms with Gasteiger partial charge in [0.1, 0.15) is 6.04 Å². The number of para-hydroxylation sites is 1. The molecule has 2 rings (SSSR count). The molecule has 1 aromatic carbocycles. The zero-order chi connectivity index (χ0) is 11.9. The Morgan fingerprint density at radius 3 is 2.75 bits per heavy atom. The van der Waals surface area contributed by atoms with E-state index in [9.17, 15) is 4.79 Å². The predicted octanol–water partition coefficient (Wildman–Crippen LogP) is 2.90. The zero-order valence-corrected chi connectivity index (χ0v) is 10.4. The minimum atomic E-state index is -0.201. The van der Waals surface area contributed by atoms with E-state index < -0.39 is 0 Å². The van der Waals surface area contributed by atoms with Crippen molar-refractivity contribution in [2.75, 3.05) is 10.2 Å². The fraction of sp³-hybridized carbons (Fsp3) is 0.417. The van der Waals surface area contributed by atoms with Crippen LogP contribution in [0.3, 0.4) is 0 Å². The van der Waals surface area contributed by atoms with Crippen LogP contribution in [0.25, 0.3) is 0 Å². The number of rotatable bonds is 1. The highest BCUT2D eigenvalue weighted by Gasteiger charge is 2.32. The number of hydrogen-bond donors (Lipinski definition) is 1. The molecule has 1 aliphatic rings. The molecule has 1 heterocycles. The molecule has 0 fully saturated rings. The second-order valence-corrected chi connectivity index (χ2v) is 4.71. The van der Waals surface area contributed by atoms with Crippen LogP contribution < -0.4 is 10.2 Å². The number of fused-ring (bicyclic) bond motifs is 1. The fourth-order valence-electron chi connectivity index (χ4n) is 2.00. The normalized spacial score (nSPS) is 19.7. The average molecular weight is 239 g/mol. The Balaban J connectivity index is 2.58. The van der Waals surface area contributed by atoms with Crippen molar-refractivity contribution in [1.29, 1.82) is 0 Å². The van der Waals surface area contributed by atoms with Crippen LogP contribution >= 0.6 is 11.6 Å². The third-order valence-corrected chi connectivity index (χ3v) is 3.03. The molecular weight excluding hydrogens is 224 g/mol. The molecule has 4 heteroatoms. The van der Waals surface area contributed by atoms with E-state index in [-0.39, 0.29) is 18.0 Å². The molecular formula is C12H15ClN2O. The Kier molecular flexibility index (Phi) is 2.80. The molecule has 0 aromatic heterocycles. The van der Waals surface area contributed by atoms with Crippen molar-refractivity contribution in [3.63, 3.8) is 0 Å². The maximum Gasteiger partial charge on any atom is 0.249 e. The van der Waals surface area contributed by atoms with Gasteiger partial charge in [-0.3, -0.25) is 4.79 Å². The number of amides is 1. The average Bonchev–Trinajstić information content (AvgIpc) is 2.20. The van der Waals surface area contributed by atoms with Crippen LogP contribution in [-0.2, 0) is 4.79 Å². The predicted molar refractivity (Wildman–Crippen MR) is 67.2 cm³/mol. The van der Waals surface area contributed by atoms with E-state index in [0.29, 0.717) is 5.02 Å². The smallest absolute Gasteiger partial charge is 0.249 e. The molecule has 3 nitrogen and oxygen atoms in total. The van der Waals surface area contributed by atoms with Gasteiger partial charge in [-0.15, -0.1) is 0 Å². The quantitative estimate of drug-likeness (QED) is 0.816. The van der Waals surface area contributed by atoms with Gasteiger partial charge in [0.15, 0.2) is 0 Å². The molecule has 1 unspecified atom stereocenters. The summed E-state index contributed by atoms with van der Waals surface area (Å²) in [5.41, 5.74) is 1.72. The minimum absolute atomic E-state index is 0.0654. The van der Waals surface area contributed by atoms with Crippen molar-refractivity contribution < 1.29 is 4.79 Å². The first-order chi connectivity index (χ1) is 7.52. The maximum absolute atomic E-state index is 12.1. The molecule has 0 aliphatic carbocycles. The first-order valence-electron chi connectivity index (χ1n) is 5.40. The summed E-state index contributed by atoms with van der Waals surface area (Å²) in [6.07, 6.45) is 0. The zero-order valence-electron chi connectivity index (χ0n) is 9.62. The number of hydrogen-bond acceptors (Lipinski definition) is 2. The molecule has 0 spiro atoms. The molecule has 0 radical (unpaired) electrons. The summed E-state index contributed by atoms with van der Waals surface area (Å²) in [6.45, 7) is 5.84. The number of nitrogens with one attached hydrogen (secondary N) is 1. The Morgan fingerprint density at radius 2 is 2.12 bits per heavy atom. The van der Waals surface area contributed by atoms with Crippen molar-refractivity contribution in [3.05, 3.63) is 23.2 Å². The van der Waals surface area contributed by atoms with E-state index in [1.807, 2.05) is 32.9 Å². The topological polar surface area (TPSA) is 32.3 Å². The van der Waals surface area contributed by atoms with Crippen molar-refractivity contribution in [1.82, 2.24) is 0 Å². The van der Waals surface area contributed by atoms with Gasteiger partial charge >= 0.3 is 0 Å². The largest absolute Gasteiger partial charge is 0.372 e. The van der Waals surface area contributed by atoms with E-state index in [0.717, 1.165) is 11.4 Å². The number of carbonyl (C=O) groups excluding carboxylic acids is 1. The van der Waals surface area contributed by atoms with E-state index in [4.69, 9.17) is 11.6 Å². The summed E-state index contributed by atoms with van der Waals surface area (Å²) >= 11 is 6.16. The van der Waals surface area contributed by atoms with Crippen LogP contribution in [0.4, 0.5) is 11.4 Å². The van der Waals surface area contributed by atoms with Crippen LogP contribution in [0.5, 0.6) is 0 Å². The first-order valence-corrected chi connectivity index (χ1v) is 5.78. The molecule has 0 bridgehead atoms. The summed E-state index contributed by atoms with van der Waals surface area (Å²) < 4.78 is 0. The lowest BCUT2D eigenvalue weighted by atomic mass is 10.1. The molecule has 1 N–H and O–H groups in total. The summed E-state index contributed by atoms with van der Waals surface area (Å²) in [4.78, 5) is 13.8. The Labute approximate surface area is 100 Å². The van der Waals surface area contributed by atoms with Gasteiger partial charge in [-0.2, -0.15) is 0 Å². The summed E-state index contributed by atoms with van der Waals surface area (Å²) in [7, 11) is 0. The third-order valence-electron chi connectivity index (χ3n) is 2.72.